The Hall–Kier alpha value is -2.04. The van der Waals surface area contributed by atoms with Crippen LogP contribution in [-0.2, 0) is 16.0 Å². The molecule has 5 nitrogen and oxygen atoms in total. The number of carbonyl (C=O) groups is 2. The van der Waals surface area contributed by atoms with Crippen LogP contribution in [0.5, 0.6) is 0 Å². The summed E-state index contributed by atoms with van der Waals surface area (Å²) in [5, 5.41) is 11.3. The van der Waals surface area contributed by atoms with E-state index in [0.29, 0.717) is 12.8 Å². The molecule has 2 N–H and O–H groups in total. The molecule has 0 radical (unpaired) electrons. The Balaban J connectivity index is 2.54. The van der Waals surface area contributed by atoms with Gasteiger partial charge in [-0.05, 0) is 25.3 Å². The van der Waals surface area contributed by atoms with Crippen LogP contribution in [-0.4, -0.2) is 30.3 Å². The van der Waals surface area contributed by atoms with Crippen LogP contribution in [0, 0.1) is 6.92 Å². The van der Waals surface area contributed by atoms with Gasteiger partial charge in [-0.2, -0.15) is 0 Å². The largest absolute Gasteiger partial charge is 0.480 e. The van der Waals surface area contributed by atoms with Gasteiger partial charge in [0.1, 0.15) is 6.04 Å². The molecule has 5 heteroatoms. The fourth-order valence-corrected chi connectivity index (χ4v) is 1.52. The van der Waals surface area contributed by atoms with E-state index in [-0.39, 0.29) is 0 Å². The number of carboxylic acids is 1. The first-order valence-electron chi connectivity index (χ1n) is 5.65. The number of nitrogens with one attached hydrogen (secondary N) is 1. The molecule has 0 bridgehead atoms. The minimum Gasteiger partial charge on any atom is -0.480 e. The third-order valence-electron chi connectivity index (χ3n) is 2.62. The average molecular weight is 251 g/mol. The number of carboxylic acid groups (broad SMARTS) is 1. The molecule has 1 aromatic rings. The fourth-order valence-electron chi connectivity index (χ4n) is 1.52. The van der Waals surface area contributed by atoms with Crippen molar-refractivity contribution in [1.82, 2.24) is 5.32 Å². The van der Waals surface area contributed by atoms with Crippen molar-refractivity contribution in [2.75, 3.05) is 7.11 Å². The predicted octanol–water partition coefficient (Wildman–Crippen LogP) is 1.74. The zero-order valence-electron chi connectivity index (χ0n) is 10.5. The second-order valence-electron chi connectivity index (χ2n) is 4.05. The highest BCUT2D eigenvalue weighted by Crippen LogP contribution is 2.07. The molecule has 18 heavy (non-hydrogen) atoms. The smallest absolute Gasteiger partial charge is 0.407 e. The Morgan fingerprint density at radius 2 is 1.94 bits per heavy atom. The van der Waals surface area contributed by atoms with Crippen molar-refractivity contribution in [2.24, 2.45) is 0 Å². The Labute approximate surface area is 106 Å². The summed E-state index contributed by atoms with van der Waals surface area (Å²) in [6.45, 7) is 1.99. The highest BCUT2D eigenvalue weighted by Gasteiger charge is 2.19. The predicted molar refractivity (Wildman–Crippen MR) is 66.5 cm³/mol. The van der Waals surface area contributed by atoms with E-state index < -0.39 is 18.1 Å². The molecule has 0 saturated carbocycles. The number of benzene rings is 1. The molecular weight excluding hydrogens is 234 g/mol. The molecule has 0 fully saturated rings. The maximum absolute atomic E-state index is 11.0. The lowest BCUT2D eigenvalue weighted by atomic mass is 10.0. The molecule has 1 aromatic carbocycles. The van der Waals surface area contributed by atoms with E-state index in [2.05, 4.69) is 10.1 Å². The van der Waals surface area contributed by atoms with Gasteiger partial charge in [0.25, 0.3) is 0 Å². The van der Waals surface area contributed by atoms with Crippen LogP contribution < -0.4 is 5.32 Å². The van der Waals surface area contributed by atoms with E-state index in [1.54, 1.807) is 0 Å². The normalized spacial score (nSPS) is 11.7. The van der Waals surface area contributed by atoms with Gasteiger partial charge < -0.3 is 15.2 Å². The van der Waals surface area contributed by atoms with Crippen molar-refractivity contribution in [3.05, 3.63) is 35.4 Å². The molecule has 1 amide bonds. The lowest BCUT2D eigenvalue weighted by Crippen LogP contribution is -2.41. The van der Waals surface area contributed by atoms with Crippen molar-refractivity contribution in [3.8, 4) is 0 Å². The van der Waals surface area contributed by atoms with Gasteiger partial charge in [-0.3, -0.25) is 0 Å². The van der Waals surface area contributed by atoms with Crippen molar-refractivity contribution in [2.45, 2.75) is 25.8 Å². The molecule has 0 unspecified atom stereocenters. The summed E-state index contributed by atoms with van der Waals surface area (Å²) in [4.78, 5) is 21.9. The number of ether oxygens (including phenoxy) is 1. The molecule has 0 heterocycles. The summed E-state index contributed by atoms with van der Waals surface area (Å²) in [6.07, 6.45) is 0.181. The van der Waals surface area contributed by atoms with E-state index in [0.717, 1.165) is 11.1 Å². The Morgan fingerprint density at radius 1 is 1.33 bits per heavy atom. The Morgan fingerprint density at radius 3 is 2.44 bits per heavy atom. The monoisotopic (exact) mass is 251 g/mol. The topological polar surface area (TPSA) is 75.6 Å². The summed E-state index contributed by atoms with van der Waals surface area (Å²) in [5.41, 5.74) is 2.19. The van der Waals surface area contributed by atoms with Crippen LogP contribution in [0.15, 0.2) is 24.3 Å². The molecule has 0 saturated heterocycles. The van der Waals surface area contributed by atoms with Crippen LogP contribution in [0.3, 0.4) is 0 Å². The molecule has 1 rings (SSSR count). The zero-order chi connectivity index (χ0) is 13.5. The number of alkyl carbamates (subject to hydrolysis) is 1. The van der Waals surface area contributed by atoms with E-state index in [9.17, 15) is 9.59 Å². The SMILES string of the molecule is COC(=O)N[C@H](CCc1ccc(C)cc1)C(=O)O. The van der Waals surface area contributed by atoms with Crippen LogP contribution in [0.25, 0.3) is 0 Å². The van der Waals surface area contributed by atoms with Crippen molar-refractivity contribution >= 4 is 12.1 Å². The van der Waals surface area contributed by atoms with Gasteiger partial charge >= 0.3 is 12.1 Å². The summed E-state index contributed by atoms with van der Waals surface area (Å²) >= 11 is 0. The van der Waals surface area contributed by atoms with Crippen LogP contribution in [0.1, 0.15) is 17.5 Å². The van der Waals surface area contributed by atoms with Crippen LogP contribution in [0.4, 0.5) is 4.79 Å². The third-order valence-corrected chi connectivity index (χ3v) is 2.62. The van der Waals surface area contributed by atoms with Crippen molar-refractivity contribution in [3.63, 3.8) is 0 Å². The van der Waals surface area contributed by atoms with Gasteiger partial charge in [0.2, 0.25) is 0 Å². The lowest BCUT2D eigenvalue weighted by molar-refractivity contribution is -0.139. The summed E-state index contributed by atoms with van der Waals surface area (Å²) in [5.74, 6) is -1.06. The number of hydrogen-bond donors (Lipinski definition) is 2. The molecular formula is C13H17NO4. The summed E-state index contributed by atoms with van der Waals surface area (Å²) in [6, 6.07) is 6.91. The zero-order valence-corrected chi connectivity index (χ0v) is 10.5. The van der Waals surface area contributed by atoms with Crippen molar-refractivity contribution in [1.29, 1.82) is 0 Å². The second-order valence-corrected chi connectivity index (χ2v) is 4.05. The van der Waals surface area contributed by atoms with Gasteiger partial charge in [0, 0.05) is 0 Å². The van der Waals surface area contributed by atoms with Gasteiger partial charge in [-0.1, -0.05) is 29.8 Å². The van der Waals surface area contributed by atoms with E-state index in [1.165, 1.54) is 7.11 Å². The quantitative estimate of drug-likeness (QED) is 0.835. The fraction of sp³-hybridized carbons (Fsp3) is 0.385. The molecule has 0 aliphatic carbocycles. The van der Waals surface area contributed by atoms with Crippen LogP contribution >= 0.6 is 0 Å². The third kappa shape index (κ3) is 4.45. The first kappa shape index (κ1) is 14.0. The Bertz CT molecular complexity index is 414. The van der Waals surface area contributed by atoms with E-state index in [1.807, 2.05) is 31.2 Å². The van der Waals surface area contributed by atoms with E-state index >= 15 is 0 Å². The summed E-state index contributed by atoms with van der Waals surface area (Å²) < 4.78 is 4.39. The minimum atomic E-state index is -1.06. The number of methoxy groups -OCH3 is 1. The standard InChI is InChI=1S/C13H17NO4/c1-9-3-5-10(6-4-9)7-8-11(12(15)16)14-13(17)18-2/h3-6,11H,7-8H2,1-2H3,(H,14,17)(H,15,16)/t11-/m1/s1. The summed E-state index contributed by atoms with van der Waals surface area (Å²) in [7, 11) is 1.20. The first-order valence-corrected chi connectivity index (χ1v) is 5.65. The minimum absolute atomic E-state index is 0.327. The molecule has 1 atom stereocenters. The molecule has 0 aromatic heterocycles. The number of carbonyl (C=O) groups excluding carboxylic acids is 1. The highest BCUT2D eigenvalue weighted by atomic mass is 16.5. The number of rotatable bonds is 5. The number of hydrogen-bond acceptors (Lipinski definition) is 3. The first-order chi connectivity index (χ1) is 8.52. The van der Waals surface area contributed by atoms with Crippen LogP contribution in [0.2, 0.25) is 0 Å². The van der Waals surface area contributed by atoms with Gasteiger partial charge in [0.15, 0.2) is 0 Å². The lowest BCUT2D eigenvalue weighted by Gasteiger charge is -2.13. The number of aliphatic carboxylic acids is 1. The number of aryl methyl sites for hydroxylation is 2. The molecule has 98 valence electrons. The Kier molecular flexibility index (Phi) is 5.17. The second kappa shape index (κ2) is 6.64. The van der Waals surface area contributed by atoms with Crippen molar-refractivity contribution < 1.29 is 19.4 Å². The maximum atomic E-state index is 11.0. The molecule has 0 aliphatic heterocycles. The molecule has 0 spiro atoms. The van der Waals surface area contributed by atoms with E-state index in [4.69, 9.17) is 5.11 Å². The van der Waals surface area contributed by atoms with Gasteiger partial charge in [-0.15, -0.1) is 0 Å². The molecule has 0 aliphatic rings. The average Bonchev–Trinajstić information content (AvgIpc) is 2.35. The van der Waals surface area contributed by atoms with Gasteiger partial charge in [-0.25, -0.2) is 9.59 Å². The maximum Gasteiger partial charge on any atom is 0.407 e. The van der Waals surface area contributed by atoms with Gasteiger partial charge in [0.05, 0.1) is 7.11 Å². The highest BCUT2D eigenvalue weighted by molar-refractivity contribution is 5.79. The number of amides is 1.